The molecule has 0 aliphatic heterocycles. The third-order valence-corrected chi connectivity index (χ3v) is 10.2. The first-order valence-electron chi connectivity index (χ1n) is 13.1. The lowest BCUT2D eigenvalue weighted by atomic mass is 9.46. The highest BCUT2D eigenvalue weighted by atomic mass is 16.6. The average molecular weight is 443 g/mol. The van der Waals surface area contributed by atoms with E-state index in [1.54, 1.807) is 6.92 Å². The Hall–Kier alpha value is -1.45. The standard InChI is InChI=1S/C28H42O4/c1-5-6-7-8-9-25(31)32-28(19(2)29)17-14-24-22-11-10-20-18-21(30)12-15-26(20,3)23(22)13-16-27(24,28)4/h18,22-24H,5-17H2,1-4H3. The van der Waals surface area contributed by atoms with Crippen LogP contribution >= 0.6 is 0 Å². The lowest BCUT2D eigenvalue weighted by Crippen LogP contribution is -2.58. The summed E-state index contributed by atoms with van der Waals surface area (Å²) in [4.78, 5) is 38.0. The van der Waals surface area contributed by atoms with E-state index in [9.17, 15) is 14.4 Å². The molecule has 0 aromatic heterocycles. The quantitative estimate of drug-likeness (QED) is 0.340. The van der Waals surface area contributed by atoms with Gasteiger partial charge in [-0.25, -0.2) is 0 Å². The molecule has 0 amide bonds. The van der Waals surface area contributed by atoms with Crippen LogP contribution < -0.4 is 0 Å². The second-order valence-electron chi connectivity index (χ2n) is 11.6. The van der Waals surface area contributed by atoms with Gasteiger partial charge in [-0.1, -0.05) is 45.6 Å². The van der Waals surface area contributed by atoms with Gasteiger partial charge >= 0.3 is 5.97 Å². The molecule has 0 saturated heterocycles. The molecule has 178 valence electrons. The molecule has 6 unspecified atom stereocenters. The maximum Gasteiger partial charge on any atom is 0.306 e. The van der Waals surface area contributed by atoms with Crippen LogP contribution in [-0.2, 0) is 19.1 Å². The minimum absolute atomic E-state index is 0.0359. The minimum atomic E-state index is -0.954. The topological polar surface area (TPSA) is 60.4 Å². The summed E-state index contributed by atoms with van der Waals surface area (Å²) in [5, 5.41) is 0. The van der Waals surface area contributed by atoms with E-state index in [1.807, 2.05) is 6.08 Å². The van der Waals surface area contributed by atoms with Crippen LogP contribution in [0.4, 0.5) is 0 Å². The fourth-order valence-electron chi connectivity index (χ4n) is 8.32. The summed E-state index contributed by atoms with van der Waals surface area (Å²) >= 11 is 0. The summed E-state index contributed by atoms with van der Waals surface area (Å²) in [6.45, 7) is 8.42. The third kappa shape index (κ3) is 3.60. The Morgan fingerprint density at radius 1 is 1.00 bits per heavy atom. The van der Waals surface area contributed by atoms with Crippen LogP contribution in [0.15, 0.2) is 11.6 Å². The fraction of sp³-hybridized carbons (Fsp3) is 0.821. The number of hydrogen-bond acceptors (Lipinski definition) is 4. The van der Waals surface area contributed by atoms with Gasteiger partial charge in [-0.3, -0.25) is 14.4 Å². The Labute approximate surface area is 193 Å². The van der Waals surface area contributed by atoms with E-state index >= 15 is 0 Å². The van der Waals surface area contributed by atoms with Gasteiger partial charge in [0.05, 0.1) is 0 Å². The van der Waals surface area contributed by atoms with Crippen molar-refractivity contribution in [2.45, 2.75) is 117 Å². The molecule has 0 aromatic rings. The molecule has 0 N–H and O–H groups in total. The van der Waals surface area contributed by atoms with Crippen molar-refractivity contribution < 1.29 is 19.1 Å². The Balaban J connectivity index is 1.56. The van der Waals surface area contributed by atoms with Crippen molar-refractivity contribution in [3.8, 4) is 0 Å². The van der Waals surface area contributed by atoms with Crippen molar-refractivity contribution in [3.63, 3.8) is 0 Å². The van der Waals surface area contributed by atoms with E-state index in [0.29, 0.717) is 42.8 Å². The van der Waals surface area contributed by atoms with E-state index in [-0.39, 0.29) is 22.6 Å². The number of esters is 1. The highest BCUT2D eigenvalue weighted by Gasteiger charge is 2.67. The highest BCUT2D eigenvalue weighted by Crippen LogP contribution is 2.68. The minimum Gasteiger partial charge on any atom is -0.450 e. The van der Waals surface area contributed by atoms with Crippen LogP contribution in [0.1, 0.15) is 111 Å². The monoisotopic (exact) mass is 442 g/mol. The van der Waals surface area contributed by atoms with Gasteiger partial charge in [-0.2, -0.15) is 0 Å². The summed E-state index contributed by atoms with van der Waals surface area (Å²) in [5.74, 6) is 1.67. The van der Waals surface area contributed by atoms with Crippen LogP contribution in [0, 0.1) is 28.6 Å². The molecule has 3 fully saturated rings. The van der Waals surface area contributed by atoms with E-state index in [0.717, 1.165) is 64.2 Å². The van der Waals surface area contributed by atoms with Gasteiger partial charge in [0.15, 0.2) is 17.2 Å². The zero-order chi connectivity index (χ0) is 23.1. The van der Waals surface area contributed by atoms with Crippen molar-refractivity contribution >= 4 is 17.5 Å². The van der Waals surface area contributed by atoms with Crippen molar-refractivity contribution in [1.82, 2.24) is 0 Å². The van der Waals surface area contributed by atoms with Crippen LogP contribution in [-0.4, -0.2) is 23.1 Å². The summed E-state index contributed by atoms with van der Waals surface area (Å²) in [6, 6.07) is 0. The third-order valence-electron chi connectivity index (χ3n) is 10.2. The SMILES string of the molecule is CCCCCCC(=O)OC1(C(C)=O)CCC2C3CCC4=CC(=O)CCC4(C)C3CCC21C. The van der Waals surface area contributed by atoms with Crippen molar-refractivity contribution in [3.05, 3.63) is 11.6 Å². The van der Waals surface area contributed by atoms with E-state index < -0.39 is 5.60 Å². The fourth-order valence-corrected chi connectivity index (χ4v) is 8.32. The number of ketones is 2. The normalized spacial score (nSPS) is 40.7. The number of allylic oxidation sites excluding steroid dienone is 1. The van der Waals surface area contributed by atoms with Crippen LogP contribution in [0.5, 0.6) is 0 Å². The largest absolute Gasteiger partial charge is 0.450 e. The molecule has 4 rings (SSSR count). The molecular weight excluding hydrogens is 400 g/mol. The molecule has 4 aliphatic rings. The van der Waals surface area contributed by atoms with Gasteiger partial charge in [0.25, 0.3) is 0 Å². The van der Waals surface area contributed by atoms with E-state index in [2.05, 4.69) is 20.8 Å². The van der Waals surface area contributed by atoms with Gasteiger partial charge in [-0.05, 0) is 87.5 Å². The zero-order valence-corrected chi connectivity index (χ0v) is 20.6. The number of fused-ring (bicyclic) bond motifs is 5. The van der Waals surface area contributed by atoms with E-state index in [4.69, 9.17) is 4.74 Å². The molecule has 0 heterocycles. The Kier molecular flexibility index (Phi) is 6.46. The number of ether oxygens (including phenoxy) is 1. The lowest BCUT2D eigenvalue weighted by Gasteiger charge is -2.59. The average Bonchev–Trinajstić information content (AvgIpc) is 3.05. The number of carbonyl (C=O) groups is 3. The molecule has 0 radical (unpaired) electrons. The summed E-state index contributed by atoms with van der Waals surface area (Å²) in [5.41, 5.74) is 0.258. The maximum atomic E-state index is 13.1. The molecule has 4 nitrogen and oxygen atoms in total. The van der Waals surface area contributed by atoms with Crippen LogP contribution in [0.25, 0.3) is 0 Å². The van der Waals surface area contributed by atoms with E-state index in [1.165, 1.54) is 5.57 Å². The first-order chi connectivity index (χ1) is 15.2. The van der Waals surface area contributed by atoms with Gasteiger partial charge in [0, 0.05) is 18.3 Å². The number of unbranched alkanes of at least 4 members (excludes halogenated alkanes) is 3. The summed E-state index contributed by atoms with van der Waals surface area (Å²) < 4.78 is 6.19. The second-order valence-corrected chi connectivity index (χ2v) is 11.6. The first kappa shape index (κ1) is 23.7. The zero-order valence-electron chi connectivity index (χ0n) is 20.6. The molecule has 6 atom stereocenters. The summed E-state index contributed by atoms with van der Waals surface area (Å²) in [7, 11) is 0. The van der Waals surface area contributed by atoms with Gasteiger partial charge < -0.3 is 4.74 Å². The Bertz CT molecular complexity index is 812. The number of rotatable bonds is 7. The van der Waals surface area contributed by atoms with Crippen molar-refractivity contribution in [2.75, 3.05) is 0 Å². The second kappa shape index (κ2) is 8.72. The predicted molar refractivity (Wildman–Crippen MR) is 125 cm³/mol. The molecule has 0 aromatic carbocycles. The molecule has 3 saturated carbocycles. The molecule has 0 spiro atoms. The Morgan fingerprint density at radius 2 is 1.75 bits per heavy atom. The smallest absolute Gasteiger partial charge is 0.306 e. The molecule has 4 aliphatic carbocycles. The van der Waals surface area contributed by atoms with Gasteiger partial charge in [-0.15, -0.1) is 0 Å². The molecule has 0 bridgehead atoms. The van der Waals surface area contributed by atoms with Gasteiger partial charge in [0.1, 0.15) is 0 Å². The highest BCUT2D eigenvalue weighted by molar-refractivity contribution is 5.91. The van der Waals surface area contributed by atoms with Crippen molar-refractivity contribution in [1.29, 1.82) is 0 Å². The molecule has 4 heteroatoms. The predicted octanol–water partition coefficient (Wildman–Crippen LogP) is 6.36. The van der Waals surface area contributed by atoms with Crippen LogP contribution in [0.2, 0.25) is 0 Å². The molecule has 32 heavy (non-hydrogen) atoms. The number of hydrogen-bond donors (Lipinski definition) is 0. The van der Waals surface area contributed by atoms with Gasteiger partial charge in [0.2, 0.25) is 0 Å². The Morgan fingerprint density at radius 3 is 2.47 bits per heavy atom. The number of carbonyl (C=O) groups excluding carboxylic acids is 3. The first-order valence-corrected chi connectivity index (χ1v) is 13.1. The van der Waals surface area contributed by atoms with Crippen molar-refractivity contribution in [2.24, 2.45) is 28.6 Å². The summed E-state index contributed by atoms with van der Waals surface area (Å²) in [6.07, 6.45) is 13.9. The van der Waals surface area contributed by atoms with Crippen LogP contribution in [0.3, 0.4) is 0 Å². The maximum absolute atomic E-state index is 13.1. The number of Topliss-reactive ketones (excluding diaryl/α,β-unsaturated/α-hetero) is 1. The lowest BCUT2D eigenvalue weighted by molar-refractivity contribution is -0.189. The molecular formula is C28H42O4.